The van der Waals surface area contributed by atoms with Crippen molar-refractivity contribution in [1.82, 2.24) is 19.5 Å². The molecule has 0 radical (unpaired) electrons. The lowest BCUT2D eigenvalue weighted by molar-refractivity contribution is 0.955. The zero-order valence-corrected chi connectivity index (χ0v) is 33.1. The molecule has 0 unspecified atom stereocenters. The fraction of sp³-hybridized carbons (Fsp3) is 0. The topological polar surface area (TPSA) is 43.6 Å². The molecular formula is C55H34N4S. The molecule has 0 aliphatic carbocycles. The minimum atomic E-state index is 0.571. The number of aromatic nitrogens is 4. The number of hydrogen-bond donors (Lipinski definition) is 0. The van der Waals surface area contributed by atoms with Gasteiger partial charge in [0.05, 0.1) is 11.0 Å². The van der Waals surface area contributed by atoms with Crippen LogP contribution in [0.3, 0.4) is 0 Å². The van der Waals surface area contributed by atoms with Gasteiger partial charge in [-0.15, -0.1) is 11.3 Å². The first-order valence-corrected chi connectivity index (χ1v) is 21.0. The Balaban J connectivity index is 1.15. The van der Waals surface area contributed by atoms with Gasteiger partial charge in [0.2, 0.25) is 5.95 Å². The lowest BCUT2D eigenvalue weighted by Crippen LogP contribution is -2.07. The van der Waals surface area contributed by atoms with Crippen molar-refractivity contribution in [3.8, 4) is 62.1 Å². The molecule has 0 saturated carbocycles. The molecule has 3 heterocycles. The quantitative estimate of drug-likeness (QED) is 0.169. The largest absolute Gasteiger partial charge is 0.277 e. The van der Waals surface area contributed by atoms with Gasteiger partial charge in [0.15, 0.2) is 11.6 Å². The Morgan fingerprint density at radius 2 is 0.817 bits per heavy atom. The van der Waals surface area contributed by atoms with E-state index in [9.17, 15) is 0 Å². The van der Waals surface area contributed by atoms with E-state index >= 15 is 0 Å². The second kappa shape index (κ2) is 14.0. The van der Waals surface area contributed by atoms with Gasteiger partial charge in [0.1, 0.15) is 0 Å². The van der Waals surface area contributed by atoms with E-state index in [1.54, 1.807) is 0 Å². The Bertz CT molecular complexity index is 3470. The molecule has 0 N–H and O–H groups in total. The first-order valence-electron chi connectivity index (χ1n) is 20.2. The molecular weight excluding hydrogens is 749 g/mol. The van der Waals surface area contributed by atoms with E-state index in [-0.39, 0.29) is 0 Å². The molecule has 12 rings (SSSR count). The molecule has 60 heavy (non-hydrogen) atoms. The van der Waals surface area contributed by atoms with Crippen LogP contribution >= 0.6 is 11.3 Å². The highest BCUT2D eigenvalue weighted by Gasteiger charge is 2.23. The molecule has 4 nitrogen and oxygen atoms in total. The molecule has 3 aromatic heterocycles. The van der Waals surface area contributed by atoms with Crippen molar-refractivity contribution in [1.29, 1.82) is 0 Å². The first kappa shape index (κ1) is 34.3. The molecule has 280 valence electrons. The summed E-state index contributed by atoms with van der Waals surface area (Å²) < 4.78 is 4.85. The second-order valence-corrected chi connectivity index (χ2v) is 16.2. The van der Waals surface area contributed by atoms with Gasteiger partial charge in [0.25, 0.3) is 0 Å². The van der Waals surface area contributed by atoms with Crippen LogP contribution in [0.4, 0.5) is 0 Å². The summed E-state index contributed by atoms with van der Waals surface area (Å²) in [6.07, 6.45) is 0. The third kappa shape index (κ3) is 5.63. The van der Waals surface area contributed by atoms with Crippen molar-refractivity contribution in [3.63, 3.8) is 0 Å². The highest BCUT2D eigenvalue weighted by atomic mass is 32.1. The summed E-state index contributed by atoms with van der Waals surface area (Å²) in [6, 6.07) is 73.2. The molecule has 0 amide bonds. The Kier molecular flexibility index (Phi) is 8.00. The number of para-hydroxylation sites is 1. The summed E-state index contributed by atoms with van der Waals surface area (Å²) in [6.45, 7) is 0. The van der Waals surface area contributed by atoms with E-state index in [1.165, 1.54) is 25.7 Å². The predicted molar refractivity (Wildman–Crippen MR) is 252 cm³/mol. The molecule has 0 fully saturated rings. The van der Waals surface area contributed by atoms with Crippen LogP contribution in [-0.4, -0.2) is 19.5 Å². The summed E-state index contributed by atoms with van der Waals surface area (Å²) in [5.41, 5.74) is 10.9. The SMILES string of the molecule is c1ccc(-c2ccc(-c3nc(-c4ccc(-c5ccccc5)cc4)nc(-n4c5c(-c6cccc7c6sc6ccccc67)cccc5c5ccc6ccccc6c54)n3)cc2)cc1. The average Bonchev–Trinajstić information content (AvgIpc) is 3.89. The van der Waals surface area contributed by atoms with Gasteiger partial charge in [-0.3, -0.25) is 4.57 Å². The third-order valence-corrected chi connectivity index (χ3v) is 12.9. The maximum Gasteiger partial charge on any atom is 0.238 e. The zero-order chi connectivity index (χ0) is 39.6. The number of benzene rings is 9. The Morgan fingerprint density at radius 3 is 1.48 bits per heavy atom. The summed E-state index contributed by atoms with van der Waals surface area (Å²) in [5, 5.41) is 7.14. The first-order chi connectivity index (χ1) is 29.7. The number of hydrogen-bond acceptors (Lipinski definition) is 4. The minimum absolute atomic E-state index is 0.571. The summed E-state index contributed by atoms with van der Waals surface area (Å²) in [7, 11) is 0. The lowest BCUT2D eigenvalue weighted by Gasteiger charge is -2.14. The summed E-state index contributed by atoms with van der Waals surface area (Å²) in [5.74, 6) is 1.80. The van der Waals surface area contributed by atoms with Gasteiger partial charge in [-0.25, -0.2) is 4.98 Å². The van der Waals surface area contributed by atoms with E-state index in [1.807, 2.05) is 23.5 Å². The van der Waals surface area contributed by atoms with Gasteiger partial charge in [-0.2, -0.15) is 9.97 Å². The van der Waals surface area contributed by atoms with Crippen LogP contribution in [0.2, 0.25) is 0 Å². The molecule has 0 saturated heterocycles. The molecule has 0 aliphatic rings. The van der Waals surface area contributed by atoms with Crippen molar-refractivity contribution in [3.05, 3.63) is 206 Å². The van der Waals surface area contributed by atoms with E-state index in [2.05, 4.69) is 199 Å². The van der Waals surface area contributed by atoms with Gasteiger partial charge < -0.3 is 0 Å². The standard InChI is InChI=1S/C55H34N4S/c1-3-13-35(14-4-1)37-25-29-40(30-26-37)53-56-54(41-31-27-38(28-32-41)36-15-5-2-6-16-36)58-55(57-53)59-50-42-18-8-7-17-39(42)33-34-46(50)44-20-11-21-45(51(44)59)48-23-12-22-47-43-19-9-10-24-49(43)60-52(47)48/h1-34H. The second-order valence-electron chi connectivity index (χ2n) is 15.2. The molecule has 0 aliphatic heterocycles. The van der Waals surface area contributed by atoms with Crippen LogP contribution in [0.5, 0.6) is 0 Å². The van der Waals surface area contributed by atoms with Crippen molar-refractivity contribution in [2.45, 2.75) is 0 Å². The van der Waals surface area contributed by atoms with E-state index in [0.717, 1.165) is 71.5 Å². The monoisotopic (exact) mass is 782 g/mol. The van der Waals surface area contributed by atoms with Crippen LogP contribution in [0.15, 0.2) is 206 Å². The molecule has 0 bridgehead atoms. The lowest BCUT2D eigenvalue weighted by atomic mass is 9.99. The Hall–Kier alpha value is -7.73. The molecule has 0 atom stereocenters. The average molecular weight is 783 g/mol. The van der Waals surface area contributed by atoms with Crippen LogP contribution in [0.25, 0.3) is 115 Å². The van der Waals surface area contributed by atoms with Crippen molar-refractivity contribution < 1.29 is 0 Å². The molecule has 12 aromatic rings. The fourth-order valence-electron chi connectivity index (χ4n) is 8.81. The van der Waals surface area contributed by atoms with Gasteiger partial charge >= 0.3 is 0 Å². The Labute approximate surface area is 350 Å². The zero-order valence-electron chi connectivity index (χ0n) is 32.3. The highest BCUT2D eigenvalue weighted by Crippen LogP contribution is 2.45. The van der Waals surface area contributed by atoms with Crippen molar-refractivity contribution in [2.24, 2.45) is 0 Å². The summed E-state index contributed by atoms with van der Waals surface area (Å²) in [4.78, 5) is 16.1. The van der Waals surface area contributed by atoms with Gasteiger partial charge in [-0.1, -0.05) is 200 Å². The number of fused-ring (bicyclic) bond motifs is 8. The maximum absolute atomic E-state index is 5.42. The molecule has 0 spiro atoms. The van der Waals surface area contributed by atoms with Gasteiger partial charge in [0, 0.05) is 58.6 Å². The van der Waals surface area contributed by atoms with Gasteiger partial charge in [-0.05, 0) is 33.7 Å². The van der Waals surface area contributed by atoms with Crippen LogP contribution < -0.4 is 0 Å². The van der Waals surface area contributed by atoms with Crippen LogP contribution in [0.1, 0.15) is 0 Å². The smallest absolute Gasteiger partial charge is 0.238 e. The molecule has 9 aromatic carbocycles. The van der Waals surface area contributed by atoms with E-state index in [4.69, 9.17) is 15.0 Å². The van der Waals surface area contributed by atoms with Crippen LogP contribution in [0, 0.1) is 0 Å². The number of rotatable bonds is 6. The van der Waals surface area contributed by atoms with E-state index in [0.29, 0.717) is 17.6 Å². The highest BCUT2D eigenvalue weighted by molar-refractivity contribution is 7.26. The third-order valence-electron chi connectivity index (χ3n) is 11.7. The fourth-order valence-corrected chi connectivity index (χ4v) is 10.0. The van der Waals surface area contributed by atoms with E-state index < -0.39 is 0 Å². The van der Waals surface area contributed by atoms with Crippen molar-refractivity contribution >= 4 is 64.1 Å². The molecule has 5 heteroatoms. The summed E-state index contributed by atoms with van der Waals surface area (Å²) >= 11 is 1.85. The van der Waals surface area contributed by atoms with Crippen LogP contribution in [-0.2, 0) is 0 Å². The maximum atomic E-state index is 5.42. The Morgan fingerprint density at radius 1 is 0.317 bits per heavy atom. The normalized spacial score (nSPS) is 11.7. The minimum Gasteiger partial charge on any atom is -0.277 e. The number of thiophene rings is 1. The van der Waals surface area contributed by atoms with Crippen molar-refractivity contribution in [2.75, 3.05) is 0 Å². The number of nitrogens with zero attached hydrogens (tertiary/aromatic N) is 4. The predicted octanol–water partition coefficient (Wildman–Crippen LogP) is 14.8.